The molecule has 1 fully saturated rings. The van der Waals surface area contributed by atoms with E-state index < -0.39 is 64.6 Å². The van der Waals surface area contributed by atoms with E-state index >= 15 is 0 Å². The van der Waals surface area contributed by atoms with E-state index in [1.54, 1.807) is 78.6 Å². The van der Waals surface area contributed by atoms with E-state index in [-0.39, 0.29) is 0 Å². The van der Waals surface area contributed by atoms with Gasteiger partial charge in [0.15, 0.2) is 33.3 Å². The van der Waals surface area contributed by atoms with Crippen LogP contribution in [0.1, 0.15) is 0 Å². The van der Waals surface area contributed by atoms with Crippen LogP contribution >= 0.6 is 31.3 Å². The molecule has 0 aromatic heterocycles. The first-order chi connectivity index (χ1) is 13.7. The monoisotopic (exact) mass is 608 g/mol. The minimum Gasteiger partial charge on any atom is -0.329 e. The normalized spacial score (nSPS) is 35.9. The maximum Gasteiger partial charge on any atom is 0.482 e. The zero-order chi connectivity index (χ0) is 25.7. The van der Waals surface area contributed by atoms with Crippen molar-refractivity contribution in [2.24, 2.45) is 0 Å². The zero-order valence-electron chi connectivity index (χ0n) is 20.7. The standard InChI is InChI=1S/C12H36O12P4Si4/c1-29(2,3)21-25(13)17-26(14,22-30(4,5)6)19-28(16,24-32(10,11)12)20-27(15,18-25)23-31(7,8)9/h1-12H3. The molecule has 20 heteroatoms. The Hall–Kier alpha value is 1.47. The van der Waals surface area contributed by atoms with Crippen molar-refractivity contribution in [3.63, 3.8) is 0 Å². The van der Waals surface area contributed by atoms with Gasteiger partial charge in [-0.15, -0.1) is 0 Å². The second-order valence-corrected chi connectivity index (χ2v) is 36.9. The van der Waals surface area contributed by atoms with Gasteiger partial charge < -0.3 is 16.9 Å². The van der Waals surface area contributed by atoms with Crippen LogP contribution < -0.4 is 0 Å². The summed E-state index contributed by atoms with van der Waals surface area (Å²) in [6.07, 6.45) is 0. The third-order valence-corrected chi connectivity index (χ3v) is 21.1. The van der Waals surface area contributed by atoms with E-state index in [0.717, 1.165) is 0 Å². The molecule has 1 aliphatic rings. The smallest absolute Gasteiger partial charge is 0.329 e. The molecule has 32 heavy (non-hydrogen) atoms. The predicted molar refractivity (Wildman–Crippen MR) is 132 cm³/mol. The van der Waals surface area contributed by atoms with Crippen LogP contribution in [0, 0.1) is 0 Å². The Morgan fingerprint density at radius 3 is 0.594 bits per heavy atom. The molecule has 1 aliphatic heterocycles. The Morgan fingerprint density at radius 2 is 0.500 bits per heavy atom. The van der Waals surface area contributed by atoms with Crippen molar-refractivity contribution in [2.45, 2.75) is 78.6 Å². The fourth-order valence-electron chi connectivity index (χ4n) is 2.02. The van der Waals surface area contributed by atoms with Gasteiger partial charge in [0.2, 0.25) is 0 Å². The molecule has 0 bridgehead atoms. The van der Waals surface area contributed by atoms with Crippen molar-refractivity contribution in [1.29, 1.82) is 0 Å². The third kappa shape index (κ3) is 11.9. The van der Waals surface area contributed by atoms with E-state index in [2.05, 4.69) is 0 Å². The molecule has 1 rings (SSSR count). The molecule has 12 nitrogen and oxygen atoms in total. The molecule has 1 heterocycles. The van der Waals surface area contributed by atoms with Crippen LogP contribution in [0.5, 0.6) is 0 Å². The van der Waals surface area contributed by atoms with Crippen molar-refractivity contribution >= 4 is 64.6 Å². The van der Waals surface area contributed by atoms with Gasteiger partial charge in [0, 0.05) is 0 Å². The summed E-state index contributed by atoms with van der Waals surface area (Å²) in [4.78, 5) is 0. The molecule has 1 saturated heterocycles. The minimum absolute atomic E-state index is 1.65. The molecule has 0 aromatic carbocycles. The molecular weight excluding hydrogens is 572 g/mol. The lowest BCUT2D eigenvalue weighted by molar-refractivity contribution is 0.173. The first kappa shape index (κ1) is 31.5. The van der Waals surface area contributed by atoms with Gasteiger partial charge >= 0.3 is 31.3 Å². The van der Waals surface area contributed by atoms with E-state index in [1.807, 2.05) is 0 Å². The van der Waals surface area contributed by atoms with Crippen LogP contribution in [0.2, 0.25) is 78.6 Å². The quantitative estimate of drug-likeness (QED) is 0.195. The van der Waals surface area contributed by atoms with Gasteiger partial charge in [-0.3, -0.25) is 0 Å². The summed E-state index contributed by atoms with van der Waals surface area (Å²) in [5, 5.41) is 0. The Morgan fingerprint density at radius 1 is 0.375 bits per heavy atom. The summed E-state index contributed by atoms with van der Waals surface area (Å²) in [6.45, 7) is 19.8. The van der Waals surface area contributed by atoms with Crippen LogP contribution in [0.25, 0.3) is 0 Å². The van der Waals surface area contributed by atoms with Gasteiger partial charge in [-0.05, 0) is 78.6 Å². The molecule has 0 amide bonds. The first-order valence-electron chi connectivity index (χ1n) is 9.74. The van der Waals surface area contributed by atoms with Gasteiger partial charge in [0.1, 0.15) is 0 Å². The molecule has 0 N–H and O–H groups in total. The molecule has 192 valence electrons. The Bertz CT molecular complexity index is 716. The van der Waals surface area contributed by atoms with Gasteiger partial charge in [-0.1, -0.05) is 0 Å². The Kier molecular flexibility index (Phi) is 9.58. The summed E-state index contributed by atoms with van der Waals surface area (Å²) >= 11 is 0. The van der Waals surface area contributed by atoms with Crippen LogP contribution in [0.4, 0.5) is 0 Å². The number of hydrogen-bond acceptors (Lipinski definition) is 12. The summed E-state index contributed by atoms with van der Waals surface area (Å²) in [6, 6.07) is 0. The van der Waals surface area contributed by atoms with Gasteiger partial charge in [0.25, 0.3) is 0 Å². The maximum absolute atomic E-state index is 13.5. The molecule has 0 spiro atoms. The van der Waals surface area contributed by atoms with Crippen LogP contribution in [-0.4, -0.2) is 33.3 Å². The lowest BCUT2D eigenvalue weighted by Gasteiger charge is -2.37. The van der Waals surface area contributed by atoms with Crippen LogP contribution in [0.15, 0.2) is 0 Å². The van der Waals surface area contributed by atoms with Gasteiger partial charge in [-0.25, -0.2) is 18.3 Å². The van der Waals surface area contributed by atoms with Crippen molar-refractivity contribution in [1.82, 2.24) is 0 Å². The largest absolute Gasteiger partial charge is 0.482 e. The Balaban J connectivity index is 3.70. The van der Waals surface area contributed by atoms with Gasteiger partial charge in [-0.2, -0.15) is 17.2 Å². The highest BCUT2D eigenvalue weighted by Crippen LogP contribution is 2.84. The molecule has 0 radical (unpaired) electrons. The SMILES string of the molecule is C[Si](C)(C)OP1(=O)OP(=O)(O[Si](C)(C)C)OP(=O)(O[Si](C)(C)C)OP(=O)(O[Si](C)(C)C)O1. The average molecular weight is 609 g/mol. The molecule has 0 aliphatic carbocycles. The number of hydrogen-bond donors (Lipinski definition) is 0. The fourth-order valence-corrected chi connectivity index (χ4v) is 21.7. The number of rotatable bonds is 8. The Labute approximate surface area is 195 Å². The maximum atomic E-state index is 13.5. The molecule has 0 aromatic rings. The zero-order valence-corrected chi connectivity index (χ0v) is 28.3. The summed E-state index contributed by atoms with van der Waals surface area (Å²) in [5.74, 6) is 0. The van der Waals surface area contributed by atoms with E-state index in [9.17, 15) is 18.3 Å². The van der Waals surface area contributed by atoms with E-state index in [1.165, 1.54) is 0 Å². The van der Waals surface area contributed by atoms with E-state index in [0.29, 0.717) is 0 Å². The second-order valence-electron chi connectivity index (χ2n) is 10.9. The van der Waals surface area contributed by atoms with Crippen molar-refractivity contribution in [2.75, 3.05) is 0 Å². The highest BCUT2D eigenvalue weighted by molar-refractivity contribution is 7.77. The molecule has 0 unspecified atom stereocenters. The average Bonchev–Trinajstić information content (AvgIpc) is 2.21. The van der Waals surface area contributed by atoms with Crippen molar-refractivity contribution in [3.05, 3.63) is 0 Å². The summed E-state index contributed by atoms with van der Waals surface area (Å²) < 4.78 is 96.8. The predicted octanol–water partition coefficient (Wildman–Crippen LogP) is 7.90. The lowest BCUT2D eigenvalue weighted by atomic mass is 11.8. The highest BCUT2D eigenvalue weighted by atomic mass is 31.3. The third-order valence-electron chi connectivity index (χ3n) is 2.34. The summed E-state index contributed by atoms with van der Waals surface area (Å²) in [7, 11) is -30.5. The molecular formula is C12H36O12P4Si4. The van der Waals surface area contributed by atoms with Crippen molar-refractivity contribution in [3.8, 4) is 0 Å². The highest BCUT2D eigenvalue weighted by Gasteiger charge is 2.60. The van der Waals surface area contributed by atoms with Crippen LogP contribution in [0.3, 0.4) is 0 Å². The van der Waals surface area contributed by atoms with Crippen LogP contribution in [-0.2, 0) is 52.4 Å². The van der Waals surface area contributed by atoms with E-state index in [4.69, 9.17) is 34.1 Å². The minimum atomic E-state index is -4.91. The summed E-state index contributed by atoms with van der Waals surface area (Å²) in [5.41, 5.74) is 0. The first-order valence-corrected chi connectivity index (χ1v) is 29.2. The topological polar surface area (TPSA) is 142 Å². The molecule has 0 saturated carbocycles. The second kappa shape index (κ2) is 9.73. The van der Waals surface area contributed by atoms with Gasteiger partial charge in [0.05, 0.1) is 0 Å². The lowest BCUT2D eigenvalue weighted by Crippen LogP contribution is -2.30. The number of phosphoric acid groups is 4. The molecule has 0 atom stereocenters. The van der Waals surface area contributed by atoms with Crippen molar-refractivity contribution < 1.29 is 52.4 Å². The fraction of sp³-hybridized carbons (Fsp3) is 1.00.